The van der Waals surface area contributed by atoms with Crippen molar-refractivity contribution in [2.45, 2.75) is 13.0 Å². The lowest BCUT2D eigenvalue weighted by atomic mass is 10.1. The lowest BCUT2D eigenvalue weighted by Gasteiger charge is -2.09. The molecular weight excluding hydrogens is 262 g/mol. The summed E-state index contributed by atoms with van der Waals surface area (Å²) in [6.07, 6.45) is 0.275. The maximum absolute atomic E-state index is 11.9. The van der Waals surface area contributed by atoms with Crippen LogP contribution in [0.4, 0.5) is 5.69 Å². The Morgan fingerprint density at radius 3 is 2.47 bits per heavy atom. The molecule has 0 radical (unpaired) electrons. The smallest absolute Gasteiger partial charge is 0.228 e. The number of amides is 1. The molecule has 2 rings (SSSR count). The van der Waals surface area contributed by atoms with Gasteiger partial charge in [0, 0.05) is 16.3 Å². The molecule has 2 N–H and O–H groups in total. The number of rotatable bonds is 4. The molecule has 4 heteroatoms. The van der Waals surface area contributed by atoms with Crippen molar-refractivity contribution in [1.82, 2.24) is 0 Å². The summed E-state index contributed by atoms with van der Waals surface area (Å²) in [6.45, 7) is -0.0998. The Labute approximate surface area is 116 Å². The van der Waals surface area contributed by atoms with Crippen molar-refractivity contribution in [1.29, 1.82) is 0 Å². The van der Waals surface area contributed by atoms with Crippen molar-refractivity contribution in [2.24, 2.45) is 0 Å². The molecule has 0 atom stereocenters. The standard InChI is InChI=1S/C15H14ClNO2/c16-13-7-5-11(6-8-13)9-15(19)17-14-4-2-1-3-12(14)10-18/h1-8,18H,9-10H2,(H,17,19). The monoisotopic (exact) mass is 275 g/mol. The summed E-state index contributed by atoms with van der Waals surface area (Å²) in [6, 6.07) is 14.3. The van der Waals surface area contributed by atoms with Gasteiger partial charge in [0.05, 0.1) is 13.0 Å². The number of carbonyl (C=O) groups is 1. The Kier molecular flexibility index (Phi) is 4.55. The minimum atomic E-state index is -0.122. The highest BCUT2D eigenvalue weighted by molar-refractivity contribution is 6.30. The van der Waals surface area contributed by atoms with Gasteiger partial charge < -0.3 is 10.4 Å². The van der Waals surface area contributed by atoms with Gasteiger partial charge in [-0.1, -0.05) is 41.9 Å². The van der Waals surface area contributed by atoms with E-state index in [4.69, 9.17) is 11.6 Å². The van der Waals surface area contributed by atoms with Gasteiger partial charge in [-0.15, -0.1) is 0 Å². The lowest BCUT2D eigenvalue weighted by molar-refractivity contribution is -0.115. The predicted molar refractivity (Wildman–Crippen MR) is 76.2 cm³/mol. The van der Waals surface area contributed by atoms with Gasteiger partial charge in [-0.05, 0) is 23.8 Å². The number of hydrogen-bond donors (Lipinski definition) is 2. The van der Waals surface area contributed by atoms with Gasteiger partial charge in [0.15, 0.2) is 0 Å². The molecule has 0 saturated carbocycles. The Bertz CT molecular complexity index is 567. The zero-order valence-electron chi connectivity index (χ0n) is 10.3. The Hall–Kier alpha value is -1.84. The fourth-order valence-electron chi connectivity index (χ4n) is 1.76. The molecule has 98 valence electrons. The zero-order valence-corrected chi connectivity index (χ0v) is 11.0. The van der Waals surface area contributed by atoms with E-state index in [-0.39, 0.29) is 18.9 Å². The second-order valence-corrected chi connectivity index (χ2v) is 4.60. The van der Waals surface area contributed by atoms with Crippen molar-refractivity contribution in [3.63, 3.8) is 0 Å². The number of aliphatic hydroxyl groups excluding tert-OH is 1. The molecule has 0 bridgehead atoms. The van der Waals surface area contributed by atoms with Crippen LogP contribution in [0.1, 0.15) is 11.1 Å². The van der Waals surface area contributed by atoms with Gasteiger partial charge in [0.2, 0.25) is 5.91 Å². The van der Waals surface area contributed by atoms with E-state index in [1.54, 1.807) is 24.3 Å². The van der Waals surface area contributed by atoms with Gasteiger partial charge in [0.25, 0.3) is 0 Å². The first-order valence-corrected chi connectivity index (χ1v) is 6.30. The van der Waals surface area contributed by atoms with E-state index in [2.05, 4.69) is 5.32 Å². The summed E-state index contributed by atoms with van der Waals surface area (Å²) >= 11 is 5.79. The van der Waals surface area contributed by atoms with E-state index in [1.807, 2.05) is 24.3 Å². The van der Waals surface area contributed by atoms with E-state index in [0.717, 1.165) is 5.56 Å². The van der Waals surface area contributed by atoms with Crippen LogP contribution in [0.5, 0.6) is 0 Å². The van der Waals surface area contributed by atoms with Crippen LogP contribution < -0.4 is 5.32 Å². The number of halogens is 1. The van der Waals surface area contributed by atoms with Crippen molar-refractivity contribution in [3.8, 4) is 0 Å². The predicted octanol–water partition coefficient (Wildman–Crippen LogP) is 3.01. The molecule has 0 heterocycles. The van der Waals surface area contributed by atoms with Crippen molar-refractivity contribution < 1.29 is 9.90 Å². The van der Waals surface area contributed by atoms with E-state index in [1.165, 1.54) is 0 Å². The molecular formula is C15H14ClNO2. The molecule has 0 aliphatic rings. The molecule has 0 saturated heterocycles. The van der Waals surface area contributed by atoms with Crippen LogP contribution in [0.3, 0.4) is 0 Å². The van der Waals surface area contributed by atoms with E-state index < -0.39 is 0 Å². The fourth-order valence-corrected chi connectivity index (χ4v) is 1.89. The third-order valence-electron chi connectivity index (χ3n) is 2.74. The van der Waals surface area contributed by atoms with E-state index in [9.17, 15) is 9.90 Å². The number of nitrogens with one attached hydrogen (secondary N) is 1. The first-order chi connectivity index (χ1) is 9.19. The molecule has 0 aliphatic carbocycles. The highest BCUT2D eigenvalue weighted by Gasteiger charge is 2.06. The highest BCUT2D eigenvalue weighted by Crippen LogP contribution is 2.16. The van der Waals surface area contributed by atoms with Crippen molar-refractivity contribution in [3.05, 3.63) is 64.7 Å². The van der Waals surface area contributed by atoms with Gasteiger partial charge in [-0.2, -0.15) is 0 Å². The molecule has 0 unspecified atom stereocenters. The normalized spacial score (nSPS) is 10.2. The van der Waals surface area contributed by atoms with Crippen molar-refractivity contribution in [2.75, 3.05) is 5.32 Å². The molecule has 0 fully saturated rings. The van der Waals surface area contributed by atoms with Crippen LogP contribution in [0.25, 0.3) is 0 Å². The van der Waals surface area contributed by atoms with Gasteiger partial charge in [-0.3, -0.25) is 4.79 Å². The molecule has 0 aromatic heterocycles. The van der Waals surface area contributed by atoms with Crippen LogP contribution in [0.15, 0.2) is 48.5 Å². The van der Waals surface area contributed by atoms with Crippen LogP contribution in [0, 0.1) is 0 Å². The Morgan fingerprint density at radius 1 is 1.11 bits per heavy atom. The van der Waals surface area contributed by atoms with Crippen LogP contribution >= 0.6 is 11.6 Å². The number of anilines is 1. The maximum atomic E-state index is 11.9. The average molecular weight is 276 g/mol. The summed E-state index contributed by atoms with van der Waals surface area (Å²) < 4.78 is 0. The topological polar surface area (TPSA) is 49.3 Å². The summed E-state index contributed by atoms with van der Waals surface area (Å²) in [5.74, 6) is -0.122. The average Bonchev–Trinajstić information content (AvgIpc) is 2.42. The Balaban J connectivity index is 2.03. The second kappa shape index (κ2) is 6.36. The highest BCUT2D eigenvalue weighted by atomic mass is 35.5. The van der Waals surface area contributed by atoms with E-state index in [0.29, 0.717) is 16.3 Å². The summed E-state index contributed by atoms with van der Waals surface area (Å²) in [5, 5.41) is 12.6. The third kappa shape index (κ3) is 3.81. The fraction of sp³-hybridized carbons (Fsp3) is 0.133. The van der Waals surface area contributed by atoms with Gasteiger partial charge in [-0.25, -0.2) is 0 Å². The molecule has 19 heavy (non-hydrogen) atoms. The summed E-state index contributed by atoms with van der Waals surface area (Å²) in [4.78, 5) is 11.9. The number of aliphatic hydroxyl groups is 1. The quantitative estimate of drug-likeness (QED) is 0.901. The van der Waals surface area contributed by atoms with Crippen LogP contribution in [-0.4, -0.2) is 11.0 Å². The van der Waals surface area contributed by atoms with Gasteiger partial charge >= 0.3 is 0 Å². The first-order valence-electron chi connectivity index (χ1n) is 5.92. The zero-order chi connectivity index (χ0) is 13.7. The SMILES string of the molecule is O=C(Cc1ccc(Cl)cc1)Nc1ccccc1CO. The minimum absolute atomic E-state index is 0.0998. The second-order valence-electron chi connectivity index (χ2n) is 4.17. The van der Waals surface area contributed by atoms with Crippen LogP contribution in [0.2, 0.25) is 5.02 Å². The van der Waals surface area contributed by atoms with Gasteiger partial charge in [0.1, 0.15) is 0 Å². The number of hydrogen-bond acceptors (Lipinski definition) is 2. The molecule has 2 aromatic carbocycles. The number of benzene rings is 2. The van der Waals surface area contributed by atoms with Crippen LogP contribution in [-0.2, 0) is 17.8 Å². The summed E-state index contributed by atoms with van der Waals surface area (Å²) in [7, 11) is 0. The number of para-hydroxylation sites is 1. The maximum Gasteiger partial charge on any atom is 0.228 e. The third-order valence-corrected chi connectivity index (χ3v) is 2.99. The minimum Gasteiger partial charge on any atom is -0.392 e. The molecule has 1 amide bonds. The molecule has 0 aliphatic heterocycles. The Morgan fingerprint density at radius 2 is 1.79 bits per heavy atom. The molecule has 3 nitrogen and oxygen atoms in total. The molecule has 0 spiro atoms. The van der Waals surface area contributed by atoms with Crippen molar-refractivity contribution >= 4 is 23.2 Å². The van der Waals surface area contributed by atoms with E-state index >= 15 is 0 Å². The molecule has 2 aromatic rings. The largest absolute Gasteiger partial charge is 0.392 e. The first kappa shape index (κ1) is 13.6. The lowest BCUT2D eigenvalue weighted by Crippen LogP contribution is -2.15. The number of carbonyl (C=O) groups excluding carboxylic acids is 1. The summed E-state index contributed by atoms with van der Waals surface area (Å²) in [5.41, 5.74) is 2.24.